The van der Waals surface area contributed by atoms with Gasteiger partial charge in [0.2, 0.25) is 0 Å². The van der Waals surface area contributed by atoms with Gasteiger partial charge in [-0.3, -0.25) is 14.4 Å². The third-order valence-corrected chi connectivity index (χ3v) is 8.88. The number of esters is 1. The fourth-order valence-electron chi connectivity index (χ4n) is 7.59. The highest BCUT2D eigenvalue weighted by atomic mass is 16.6. The van der Waals surface area contributed by atoms with Crippen LogP contribution in [-0.2, 0) is 19.1 Å². The average molecular weight is 385 g/mol. The van der Waals surface area contributed by atoms with Crippen molar-refractivity contribution in [1.82, 2.24) is 0 Å². The van der Waals surface area contributed by atoms with Crippen molar-refractivity contribution in [3.63, 3.8) is 0 Å². The fourth-order valence-corrected chi connectivity index (χ4v) is 7.59. The second-order valence-corrected chi connectivity index (χ2v) is 10.1. The summed E-state index contributed by atoms with van der Waals surface area (Å²) in [5.74, 6) is 0.985. The van der Waals surface area contributed by atoms with E-state index in [1.54, 1.807) is 6.92 Å². The minimum absolute atomic E-state index is 0.00808. The van der Waals surface area contributed by atoms with Crippen molar-refractivity contribution in [2.24, 2.45) is 34.5 Å². The molecule has 0 spiro atoms. The minimum Gasteiger partial charge on any atom is -0.450 e. The zero-order valence-corrected chi connectivity index (χ0v) is 17.7. The van der Waals surface area contributed by atoms with E-state index >= 15 is 0 Å². The second kappa shape index (κ2) is 6.14. The van der Waals surface area contributed by atoms with E-state index < -0.39 is 5.60 Å². The smallest absolute Gasteiger partial charge is 0.303 e. The maximum absolute atomic E-state index is 12.9. The number of carbonyl (C=O) groups is 3. The van der Waals surface area contributed by atoms with Crippen LogP contribution in [0, 0.1) is 34.5 Å². The van der Waals surface area contributed by atoms with Gasteiger partial charge in [0.15, 0.2) is 17.2 Å². The average Bonchev–Trinajstić information content (AvgIpc) is 2.83. The molecule has 0 heterocycles. The van der Waals surface area contributed by atoms with Crippen molar-refractivity contribution in [3.05, 3.63) is 23.8 Å². The van der Waals surface area contributed by atoms with Crippen LogP contribution in [0.2, 0.25) is 0 Å². The fraction of sp³-hybridized carbons (Fsp3) is 0.708. The molecule has 0 aromatic heterocycles. The van der Waals surface area contributed by atoms with Gasteiger partial charge >= 0.3 is 5.97 Å². The molecule has 7 atom stereocenters. The molecule has 2 saturated carbocycles. The molecular formula is C24H32O4. The molecule has 4 aliphatic rings. The molecule has 2 fully saturated rings. The Kier molecular flexibility index (Phi) is 4.30. The zero-order chi connectivity index (χ0) is 20.5. The van der Waals surface area contributed by atoms with E-state index in [2.05, 4.69) is 32.9 Å². The van der Waals surface area contributed by atoms with Gasteiger partial charge in [-0.1, -0.05) is 32.9 Å². The Hall–Kier alpha value is -1.71. The second-order valence-electron chi connectivity index (χ2n) is 10.1. The number of allylic oxidation sites excluding steroid dienone is 4. The predicted molar refractivity (Wildman–Crippen MR) is 106 cm³/mol. The molecule has 4 nitrogen and oxygen atoms in total. The molecule has 4 aliphatic carbocycles. The molecule has 28 heavy (non-hydrogen) atoms. The maximum Gasteiger partial charge on any atom is 0.303 e. The Morgan fingerprint density at radius 1 is 1.14 bits per heavy atom. The van der Waals surface area contributed by atoms with E-state index in [0.717, 1.165) is 25.7 Å². The normalized spacial score (nSPS) is 46.9. The Bertz CT molecular complexity index is 807. The predicted octanol–water partition coefficient (Wildman–Crippen LogP) is 4.43. The van der Waals surface area contributed by atoms with Gasteiger partial charge in [-0.25, -0.2) is 0 Å². The Labute approximate surface area is 167 Å². The summed E-state index contributed by atoms with van der Waals surface area (Å²) in [4.78, 5) is 36.9. The summed E-state index contributed by atoms with van der Waals surface area (Å²) in [6.45, 7) is 9.56. The minimum atomic E-state index is -1.03. The van der Waals surface area contributed by atoms with Crippen molar-refractivity contribution in [2.75, 3.05) is 0 Å². The van der Waals surface area contributed by atoms with Crippen LogP contribution in [0.25, 0.3) is 0 Å². The highest BCUT2D eigenvalue weighted by Crippen LogP contribution is 2.68. The van der Waals surface area contributed by atoms with Crippen LogP contribution in [0.1, 0.15) is 66.7 Å². The van der Waals surface area contributed by atoms with Crippen molar-refractivity contribution in [3.8, 4) is 0 Å². The van der Waals surface area contributed by atoms with E-state index in [0.29, 0.717) is 24.2 Å². The van der Waals surface area contributed by atoms with Crippen molar-refractivity contribution in [2.45, 2.75) is 72.3 Å². The molecule has 0 unspecified atom stereocenters. The first kappa shape index (κ1) is 19.6. The van der Waals surface area contributed by atoms with Gasteiger partial charge in [0, 0.05) is 24.7 Å². The molecule has 152 valence electrons. The number of ketones is 2. The summed E-state index contributed by atoms with van der Waals surface area (Å²) < 4.78 is 5.90. The van der Waals surface area contributed by atoms with Crippen molar-refractivity contribution in [1.29, 1.82) is 0 Å². The molecule has 0 radical (unpaired) electrons. The number of carbonyl (C=O) groups excluding carboxylic acids is 3. The van der Waals surface area contributed by atoms with Crippen LogP contribution in [0.3, 0.4) is 0 Å². The van der Waals surface area contributed by atoms with Gasteiger partial charge < -0.3 is 4.74 Å². The monoisotopic (exact) mass is 384 g/mol. The zero-order valence-electron chi connectivity index (χ0n) is 17.7. The van der Waals surface area contributed by atoms with E-state index in [1.807, 2.05) is 6.08 Å². The molecule has 0 aromatic rings. The van der Waals surface area contributed by atoms with Gasteiger partial charge in [0.1, 0.15) is 0 Å². The summed E-state index contributed by atoms with van der Waals surface area (Å²) in [6, 6.07) is 0. The molecule has 4 heteroatoms. The lowest BCUT2D eigenvalue weighted by Crippen LogP contribution is -2.59. The topological polar surface area (TPSA) is 60.4 Å². The number of fused-ring (bicyclic) bond motifs is 5. The highest BCUT2D eigenvalue weighted by molar-refractivity contribution is 5.92. The van der Waals surface area contributed by atoms with Crippen LogP contribution >= 0.6 is 0 Å². The van der Waals surface area contributed by atoms with Crippen LogP contribution in [-0.4, -0.2) is 23.1 Å². The first-order valence-corrected chi connectivity index (χ1v) is 10.7. The Morgan fingerprint density at radius 2 is 1.86 bits per heavy atom. The van der Waals surface area contributed by atoms with E-state index in [1.165, 1.54) is 12.5 Å². The van der Waals surface area contributed by atoms with E-state index in [-0.39, 0.29) is 34.3 Å². The number of ether oxygens (including phenoxy) is 1. The van der Waals surface area contributed by atoms with Crippen LogP contribution in [0.4, 0.5) is 0 Å². The lowest BCUT2D eigenvalue weighted by Gasteiger charge is -2.57. The Morgan fingerprint density at radius 3 is 2.50 bits per heavy atom. The third kappa shape index (κ3) is 2.32. The first-order chi connectivity index (χ1) is 13.1. The quantitative estimate of drug-likeness (QED) is 0.661. The molecule has 4 rings (SSSR count). The number of hydrogen-bond donors (Lipinski definition) is 0. The summed E-state index contributed by atoms with van der Waals surface area (Å²) >= 11 is 0. The van der Waals surface area contributed by atoms with Gasteiger partial charge in [0.25, 0.3) is 0 Å². The number of hydrogen-bond acceptors (Lipinski definition) is 4. The molecule has 0 aromatic carbocycles. The summed E-state index contributed by atoms with van der Waals surface area (Å²) in [5.41, 5.74) is -0.169. The largest absolute Gasteiger partial charge is 0.450 e. The van der Waals surface area contributed by atoms with E-state index in [4.69, 9.17) is 4.74 Å². The highest BCUT2D eigenvalue weighted by Gasteiger charge is 2.70. The first-order valence-electron chi connectivity index (χ1n) is 10.7. The Balaban J connectivity index is 1.79. The molecule has 0 N–H and O–H groups in total. The SMILES string of the molecule is CC(=O)O[C@]1(C(C)=O)[C@@H](C)C[C@H]2[C@@H]3C=CC4=CC(=O)CC[C@]4(C)[C@H]3CC[C@@]21C. The molecule has 0 bridgehead atoms. The summed E-state index contributed by atoms with van der Waals surface area (Å²) in [5, 5.41) is 0. The van der Waals surface area contributed by atoms with Gasteiger partial charge in [0.05, 0.1) is 0 Å². The van der Waals surface area contributed by atoms with Gasteiger partial charge in [-0.05, 0) is 67.4 Å². The molecule has 0 saturated heterocycles. The van der Waals surface area contributed by atoms with Crippen LogP contribution < -0.4 is 0 Å². The van der Waals surface area contributed by atoms with Crippen LogP contribution in [0.15, 0.2) is 23.8 Å². The molecule has 0 aliphatic heterocycles. The van der Waals surface area contributed by atoms with Crippen molar-refractivity contribution < 1.29 is 19.1 Å². The third-order valence-electron chi connectivity index (χ3n) is 8.88. The van der Waals surface area contributed by atoms with Gasteiger partial charge in [-0.2, -0.15) is 0 Å². The number of Topliss-reactive ketones (excluding diaryl/α,β-unsaturated/α-hetero) is 1. The number of rotatable bonds is 2. The molecular weight excluding hydrogens is 352 g/mol. The lowest BCUT2D eigenvalue weighted by molar-refractivity contribution is -0.190. The summed E-state index contributed by atoms with van der Waals surface area (Å²) in [6.07, 6.45) is 10.6. The summed E-state index contributed by atoms with van der Waals surface area (Å²) in [7, 11) is 0. The molecule has 0 amide bonds. The lowest BCUT2D eigenvalue weighted by atomic mass is 9.48. The van der Waals surface area contributed by atoms with Crippen molar-refractivity contribution >= 4 is 17.5 Å². The standard InChI is InChI=1S/C24H32O4/c1-14-12-21-19-7-6-17-13-18(27)8-10-22(17,4)20(19)9-11-23(21,5)24(14,15(2)25)28-16(3)26/h6-7,13-14,19-21H,8-12H2,1-5H3/t14-,19+,20-,21-,22-,23-,24-/m0/s1. The van der Waals surface area contributed by atoms with E-state index in [9.17, 15) is 14.4 Å². The van der Waals surface area contributed by atoms with Crippen LogP contribution in [0.5, 0.6) is 0 Å². The van der Waals surface area contributed by atoms with Gasteiger partial charge in [-0.15, -0.1) is 0 Å². The maximum atomic E-state index is 12.9.